The van der Waals surface area contributed by atoms with Crippen molar-refractivity contribution in [2.75, 3.05) is 0 Å². The van der Waals surface area contributed by atoms with Crippen molar-refractivity contribution >= 4 is 6.09 Å². The molecule has 5 heteroatoms. The van der Waals surface area contributed by atoms with Crippen LogP contribution in [0.4, 0.5) is 4.79 Å². The molecule has 0 aliphatic heterocycles. The van der Waals surface area contributed by atoms with Crippen LogP contribution >= 0.6 is 0 Å². The minimum Gasteiger partial charge on any atom is -0.465 e. The molecule has 0 radical (unpaired) electrons. The molecule has 0 aliphatic rings. The van der Waals surface area contributed by atoms with Crippen molar-refractivity contribution in [1.82, 2.24) is 9.88 Å². The molecule has 0 unspecified atom stereocenters. The van der Waals surface area contributed by atoms with Gasteiger partial charge in [-0.1, -0.05) is 37.3 Å². The normalized spacial score (nSPS) is 11.4. The van der Waals surface area contributed by atoms with E-state index in [9.17, 15) is 14.7 Å². The van der Waals surface area contributed by atoms with Gasteiger partial charge in [-0.25, -0.2) is 4.79 Å². The number of hydrogen-bond acceptors (Lipinski definition) is 2. The van der Waals surface area contributed by atoms with E-state index in [2.05, 4.69) is 4.98 Å². The Balaban J connectivity index is 2.37. The first kappa shape index (κ1) is 18.8. The molecule has 1 amide bonds. The number of pyridine rings is 1. The first-order chi connectivity index (χ1) is 11.7. The Bertz CT molecular complexity index is 789. The maximum absolute atomic E-state index is 12.6. The smallest absolute Gasteiger partial charge is 0.408 e. The zero-order valence-corrected chi connectivity index (χ0v) is 15.3. The van der Waals surface area contributed by atoms with E-state index in [4.69, 9.17) is 0 Å². The number of benzene rings is 1. The number of amides is 1. The number of aryl methyl sites for hydroxylation is 1. The van der Waals surface area contributed by atoms with Crippen LogP contribution in [0.5, 0.6) is 0 Å². The fraction of sp³-hybridized carbons (Fsp3) is 0.400. The number of nitrogens with zero attached hydrogens (tertiary/aromatic N) is 1. The second kappa shape index (κ2) is 7.55. The van der Waals surface area contributed by atoms with Gasteiger partial charge in [0, 0.05) is 23.2 Å². The van der Waals surface area contributed by atoms with Gasteiger partial charge in [-0.3, -0.25) is 9.69 Å². The second-order valence-corrected chi connectivity index (χ2v) is 7.18. The zero-order valence-electron chi connectivity index (χ0n) is 15.3. The summed E-state index contributed by atoms with van der Waals surface area (Å²) in [4.78, 5) is 28.4. The van der Waals surface area contributed by atoms with Crippen LogP contribution in [-0.2, 0) is 19.4 Å². The molecule has 1 aromatic carbocycles. The highest BCUT2D eigenvalue weighted by molar-refractivity contribution is 5.66. The van der Waals surface area contributed by atoms with Crippen LogP contribution in [-0.4, -0.2) is 26.6 Å². The maximum Gasteiger partial charge on any atom is 0.408 e. The fourth-order valence-corrected chi connectivity index (χ4v) is 2.85. The van der Waals surface area contributed by atoms with Crippen molar-refractivity contribution in [3.63, 3.8) is 0 Å². The van der Waals surface area contributed by atoms with Crippen LogP contribution in [0.15, 0.2) is 41.2 Å². The molecule has 2 aromatic rings. The van der Waals surface area contributed by atoms with Crippen molar-refractivity contribution in [3.05, 3.63) is 69.1 Å². The number of rotatable bonds is 5. The molecule has 0 saturated heterocycles. The Morgan fingerprint density at radius 1 is 1.20 bits per heavy atom. The minimum atomic E-state index is -1.03. The first-order valence-electron chi connectivity index (χ1n) is 8.50. The summed E-state index contributed by atoms with van der Waals surface area (Å²) in [5.41, 5.74) is 2.60. The molecule has 134 valence electrons. The largest absolute Gasteiger partial charge is 0.465 e. The average Bonchev–Trinajstić information content (AvgIpc) is 2.52. The zero-order chi connectivity index (χ0) is 18.6. The van der Waals surface area contributed by atoms with Gasteiger partial charge < -0.3 is 10.1 Å². The quantitative estimate of drug-likeness (QED) is 0.868. The summed E-state index contributed by atoms with van der Waals surface area (Å²) in [6, 6.07) is 11.9. The minimum absolute atomic E-state index is 0.0863. The number of nitrogens with one attached hydrogen (secondary N) is 1. The van der Waals surface area contributed by atoms with E-state index in [-0.39, 0.29) is 12.1 Å². The van der Waals surface area contributed by atoms with Crippen molar-refractivity contribution in [2.24, 2.45) is 0 Å². The number of aromatic nitrogens is 1. The Morgan fingerprint density at radius 2 is 1.84 bits per heavy atom. The van der Waals surface area contributed by atoms with E-state index in [1.54, 1.807) is 0 Å². The third kappa shape index (κ3) is 4.72. The predicted octanol–water partition coefficient (Wildman–Crippen LogP) is 3.81. The summed E-state index contributed by atoms with van der Waals surface area (Å²) >= 11 is 0. The van der Waals surface area contributed by atoms with Crippen LogP contribution in [0.2, 0.25) is 0 Å². The van der Waals surface area contributed by atoms with Crippen LogP contribution in [0.1, 0.15) is 50.1 Å². The summed E-state index contributed by atoms with van der Waals surface area (Å²) in [6.07, 6.45) is 0.298. The molecule has 1 aromatic heterocycles. The highest BCUT2D eigenvalue weighted by atomic mass is 16.4. The van der Waals surface area contributed by atoms with Crippen LogP contribution in [0.3, 0.4) is 0 Å². The summed E-state index contributed by atoms with van der Waals surface area (Å²) in [5, 5.41) is 9.49. The van der Waals surface area contributed by atoms with Crippen molar-refractivity contribution in [1.29, 1.82) is 0 Å². The lowest BCUT2D eigenvalue weighted by Gasteiger charge is -2.33. The molecule has 1 heterocycles. The molecule has 25 heavy (non-hydrogen) atoms. The van der Waals surface area contributed by atoms with Gasteiger partial charge in [0.25, 0.3) is 5.56 Å². The molecule has 2 rings (SSSR count). The van der Waals surface area contributed by atoms with Crippen LogP contribution < -0.4 is 5.56 Å². The van der Waals surface area contributed by atoms with Gasteiger partial charge in [0.15, 0.2) is 0 Å². The predicted molar refractivity (Wildman–Crippen MR) is 99.0 cm³/mol. The molecule has 0 aliphatic carbocycles. The topological polar surface area (TPSA) is 73.4 Å². The van der Waals surface area contributed by atoms with Gasteiger partial charge in [-0.2, -0.15) is 0 Å². The average molecular weight is 342 g/mol. The number of carbonyl (C=O) groups is 1. The van der Waals surface area contributed by atoms with Crippen LogP contribution in [0, 0.1) is 0 Å². The number of aromatic amines is 1. The van der Waals surface area contributed by atoms with E-state index < -0.39 is 11.6 Å². The summed E-state index contributed by atoms with van der Waals surface area (Å²) in [7, 11) is 0. The monoisotopic (exact) mass is 342 g/mol. The highest BCUT2D eigenvalue weighted by Crippen LogP contribution is 2.19. The van der Waals surface area contributed by atoms with E-state index >= 15 is 0 Å². The standard InChI is InChI=1S/C20H26N2O3/c1-5-15-12-16(11-14-9-7-6-8-10-14)21-18(23)17(15)13-22(19(24)25)20(2,3)4/h6-10,12H,5,11,13H2,1-4H3,(H,21,23)(H,24,25). The van der Waals surface area contributed by atoms with E-state index in [0.29, 0.717) is 18.4 Å². The van der Waals surface area contributed by atoms with Gasteiger partial charge in [-0.05, 0) is 44.4 Å². The molecule has 2 N–H and O–H groups in total. The lowest BCUT2D eigenvalue weighted by Crippen LogP contribution is -2.45. The van der Waals surface area contributed by atoms with Gasteiger partial charge >= 0.3 is 6.09 Å². The van der Waals surface area contributed by atoms with Crippen molar-refractivity contribution in [2.45, 2.75) is 52.6 Å². The fourth-order valence-electron chi connectivity index (χ4n) is 2.85. The van der Waals surface area contributed by atoms with Crippen molar-refractivity contribution in [3.8, 4) is 0 Å². The molecule has 0 spiro atoms. The third-order valence-electron chi connectivity index (χ3n) is 4.26. The second-order valence-electron chi connectivity index (χ2n) is 7.18. The summed E-state index contributed by atoms with van der Waals surface area (Å²) in [6.45, 7) is 7.54. The van der Waals surface area contributed by atoms with E-state index in [1.807, 2.05) is 64.1 Å². The molecule has 5 nitrogen and oxygen atoms in total. The molecule has 0 atom stereocenters. The Kier molecular flexibility index (Phi) is 5.67. The van der Waals surface area contributed by atoms with Gasteiger partial charge in [-0.15, -0.1) is 0 Å². The van der Waals surface area contributed by atoms with Crippen LogP contribution in [0.25, 0.3) is 0 Å². The first-order valence-corrected chi connectivity index (χ1v) is 8.50. The Labute approximate surface area is 148 Å². The van der Waals surface area contributed by atoms with E-state index in [0.717, 1.165) is 16.8 Å². The van der Waals surface area contributed by atoms with Gasteiger partial charge in [0.05, 0.1) is 6.54 Å². The molecular weight excluding hydrogens is 316 g/mol. The molecule has 0 saturated carbocycles. The SMILES string of the molecule is CCc1cc(Cc2ccccc2)[nH]c(=O)c1CN(C(=O)O)C(C)(C)C. The van der Waals surface area contributed by atoms with Gasteiger partial charge in [0.1, 0.15) is 0 Å². The third-order valence-corrected chi connectivity index (χ3v) is 4.26. The highest BCUT2D eigenvalue weighted by Gasteiger charge is 2.27. The summed E-state index contributed by atoms with van der Waals surface area (Å²) < 4.78 is 0. The molecule has 0 fully saturated rings. The Morgan fingerprint density at radius 3 is 2.36 bits per heavy atom. The molecular formula is C20H26N2O3. The van der Waals surface area contributed by atoms with Crippen molar-refractivity contribution < 1.29 is 9.90 Å². The lowest BCUT2D eigenvalue weighted by atomic mass is 10.0. The molecule has 0 bridgehead atoms. The number of H-pyrrole nitrogens is 1. The Hall–Kier alpha value is -2.56. The van der Waals surface area contributed by atoms with Gasteiger partial charge in [0.2, 0.25) is 0 Å². The number of carboxylic acid groups (broad SMARTS) is 1. The summed E-state index contributed by atoms with van der Waals surface area (Å²) in [5.74, 6) is 0. The number of hydrogen-bond donors (Lipinski definition) is 2. The van der Waals surface area contributed by atoms with E-state index in [1.165, 1.54) is 4.90 Å². The lowest BCUT2D eigenvalue weighted by molar-refractivity contribution is 0.0951. The maximum atomic E-state index is 12.6.